The summed E-state index contributed by atoms with van der Waals surface area (Å²) in [6.07, 6.45) is 3.43. The number of nitrogen functional groups attached to an aromatic ring is 1. The lowest BCUT2D eigenvalue weighted by molar-refractivity contribution is 0.414. The van der Waals surface area contributed by atoms with Crippen molar-refractivity contribution in [1.29, 1.82) is 0 Å². The van der Waals surface area contributed by atoms with Gasteiger partial charge in [-0.3, -0.25) is 0 Å². The number of benzene rings is 1. The van der Waals surface area contributed by atoms with Gasteiger partial charge >= 0.3 is 0 Å². The molecule has 96 valence electrons. The molecule has 5 nitrogen and oxygen atoms in total. The van der Waals surface area contributed by atoms with Crippen molar-refractivity contribution < 1.29 is 4.74 Å². The fourth-order valence-corrected chi connectivity index (χ4v) is 2.01. The van der Waals surface area contributed by atoms with Crippen molar-refractivity contribution in [3.63, 3.8) is 0 Å². The molecule has 0 unspecified atom stereocenters. The Morgan fingerprint density at radius 2 is 2.00 bits per heavy atom. The number of anilines is 1. The summed E-state index contributed by atoms with van der Waals surface area (Å²) in [4.78, 5) is 8.63. The van der Waals surface area contributed by atoms with Crippen LogP contribution in [0.5, 0.6) is 5.75 Å². The predicted octanol–water partition coefficient (Wildman–Crippen LogP) is 2.07. The highest BCUT2D eigenvalue weighted by atomic mass is 16.5. The second-order valence-electron chi connectivity index (χ2n) is 4.33. The van der Waals surface area contributed by atoms with E-state index in [1.54, 1.807) is 19.6 Å². The summed E-state index contributed by atoms with van der Waals surface area (Å²) in [5.41, 5.74) is 9.14. The standard InChI is InChI=1S/C14H14N4O/c1-19-12-4-2-10(3-5-12)8-18-9-17-13-6-11(15)7-16-14(13)18/h2-7,9H,8,15H2,1H3. The van der Waals surface area contributed by atoms with Gasteiger partial charge in [0.2, 0.25) is 0 Å². The molecule has 19 heavy (non-hydrogen) atoms. The minimum Gasteiger partial charge on any atom is -0.497 e. The molecule has 0 aliphatic rings. The molecule has 0 radical (unpaired) electrons. The summed E-state index contributed by atoms with van der Waals surface area (Å²) >= 11 is 0. The molecule has 0 amide bonds. The first-order chi connectivity index (χ1) is 9.26. The third kappa shape index (κ3) is 2.22. The van der Waals surface area contributed by atoms with E-state index in [0.29, 0.717) is 5.69 Å². The lowest BCUT2D eigenvalue weighted by Gasteiger charge is -2.05. The number of ether oxygens (including phenoxy) is 1. The Kier molecular flexibility index (Phi) is 2.79. The quantitative estimate of drug-likeness (QED) is 0.777. The van der Waals surface area contributed by atoms with Crippen molar-refractivity contribution in [3.05, 3.63) is 48.4 Å². The third-order valence-electron chi connectivity index (χ3n) is 2.99. The Bertz CT molecular complexity index is 703. The van der Waals surface area contributed by atoms with Gasteiger partial charge in [-0.2, -0.15) is 0 Å². The average Bonchev–Trinajstić information content (AvgIpc) is 2.82. The molecule has 0 atom stereocenters. The molecule has 3 rings (SSSR count). The van der Waals surface area contributed by atoms with E-state index in [1.165, 1.54) is 5.56 Å². The molecule has 0 fully saturated rings. The SMILES string of the molecule is COc1ccc(Cn2cnc3cc(N)cnc32)cc1. The second-order valence-corrected chi connectivity index (χ2v) is 4.33. The summed E-state index contributed by atoms with van der Waals surface area (Å²) in [5.74, 6) is 0.852. The van der Waals surface area contributed by atoms with Crippen LogP contribution in [-0.2, 0) is 6.54 Å². The van der Waals surface area contributed by atoms with E-state index in [-0.39, 0.29) is 0 Å². The molecule has 2 heterocycles. The number of pyridine rings is 1. The van der Waals surface area contributed by atoms with Gasteiger partial charge in [0, 0.05) is 0 Å². The maximum Gasteiger partial charge on any atom is 0.160 e. The number of hydrogen-bond acceptors (Lipinski definition) is 4. The largest absolute Gasteiger partial charge is 0.497 e. The number of methoxy groups -OCH3 is 1. The van der Waals surface area contributed by atoms with Crippen molar-refractivity contribution in [1.82, 2.24) is 14.5 Å². The van der Waals surface area contributed by atoms with Gasteiger partial charge in [-0.15, -0.1) is 0 Å². The first-order valence-electron chi connectivity index (χ1n) is 5.95. The van der Waals surface area contributed by atoms with Crippen LogP contribution >= 0.6 is 0 Å². The highest BCUT2D eigenvalue weighted by Crippen LogP contribution is 2.16. The monoisotopic (exact) mass is 254 g/mol. The van der Waals surface area contributed by atoms with E-state index in [9.17, 15) is 0 Å². The average molecular weight is 254 g/mol. The van der Waals surface area contributed by atoms with Crippen molar-refractivity contribution in [2.75, 3.05) is 12.8 Å². The van der Waals surface area contributed by atoms with Crippen LogP contribution in [0.4, 0.5) is 5.69 Å². The Labute approximate surface area is 110 Å². The molecule has 0 spiro atoms. The van der Waals surface area contributed by atoms with Gasteiger partial charge in [-0.1, -0.05) is 12.1 Å². The Balaban J connectivity index is 1.92. The van der Waals surface area contributed by atoms with Crippen LogP contribution in [0, 0.1) is 0 Å². The molecule has 0 aliphatic carbocycles. The predicted molar refractivity (Wildman–Crippen MR) is 74.0 cm³/mol. The van der Waals surface area contributed by atoms with Crippen molar-refractivity contribution in [3.8, 4) is 5.75 Å². The molecule has 0 aliphatic heterocycles. The highest BCUT2D eigenvalue weighted by molar-refractivity contribution is 5.74. The Morgan fingerprint density at radius 3 is 2.74 bits per heavy atom. The zero-order valence-electron chi connectivity index (χ0n) is 10.6. The maximum absolute atomic E-state index is 5.69. The molecular weight excluding hydrogens is 240 g/mol. The first kappa shape index (κ1) is 11.5. The van der Waals surface area contributed by atoms with Crippen LogP contribution in [0.1, 0.15) is 5.56 Å². The molecule has 3 aromatic rings. The van der Waals surface area contributed by atoms with Crippen LogP contribution in [0.15, 0.2) is 42.9 Å². The first-order valence-corrected chi connectivity index (χ1v) is 5.95. The fourth-order valence-electron chi connectivity index (χ4n) is 2.01. The van der Waals surface area contributed by atoms with Gasteiger partial charge in [-0.25, -0.2) is 9.97 Å². The summed E-state index contributed by atoms with van der Waals surface area (Å²) in [6.45, 7) is 0.720. The van der Waals surface area contributed by atoms with E-state index in [2.05, 4.69) is 9.97 Å². The Hall–Kier alpha value is -2.56. The lowest BCUT2D eigenvalue weighted by atomic mass is 10.2. The maximum atomic E-state index is 5.69. The summed E-state index contributed by atoms with van der Waals surface area (Å²) in [6, 6.07) is 9.77. The number of hydrogen-bond donors (Lipinski definition) is 1. The second kappa shape index (κ2) is 4.61. The van der Waals surface area contributed by atoms with Crippen LogP contribution in [-0.4, -0.2) is 21.6 Å². The number of imidazole rings is 1. The zero-order valence-corrected chi connectivity index (χ0v) is 10.6. The summed E-state index contributed by atoms with van der Waals surface area (Å²) in [7, 11) is 1.66. The molecule has 0 bridgehead atoms. The number of aromatic nitrogens is 3. The molecule has 2 aromatic heterocycles. The van der Waals surface area contributed by atoms with Gasteiger partial charge in [-0.05, 0) is 23.8 Å². The number of fused-ring (bicyclic) bond motifs is 1. The molecular formula is C14H14N4O. The van der Waals surface area contributed by atoms with Crippen LogP contribution in [0.25, 0.3) is 11.2 Å². The van der Waals surface area contributed by atoms with E-state index in [4.69, 9.17) is 10.5 Å². The molecule has 0 saturated heterocycles. The molecule has 0 saturated carbocycles. The Morgan fingerprint density at radius 1 is 1.21 bits per heavy atom. The molecule has 5 heteroatoms. The number of nitrogens with two attached hydrogens (primary N) is 1. The summed E-state index contributed by atoms with van der Waals surface area (Å²) < 4.78 is 7.14. The van der Waals surface area contributed by atoms with Gasteiger partial charge in [0.25, 0.3) is 0 Å². The smallest absolute Gasteiger partial charge is 0.160 e. The van der Waals surface area contributed by atoms with E-state index >= 15 is 0 Å². The highest BCUT2D eigenvalue weighted by Gasteiger charge is 2.05. The van der Waals surface area contributed by atoms with Gasteiger partial charge < -0.3 is 15.0 Å². The lowest BCUT2D eigenvalue weighted by Crippen LogP contribution is -1.99. The van der Waals surface area contributed by atoms with Crippen LogP contribution < -0.4 is 10.5 Å². The van der Waals surface area contributed by atoms with E-state index < -0.39 is 0 Å². The third-order valence-corrected chi connectivity index (χ3v) is 2.99. The van der Waals surface area contributed by atoms with Crippen LogP contribution in [0.3, 0.4) is 0 Å². The number of nitrogens with zero attached hydrogens (tertiary/aromatic N) is 3. The number of rotatable bonds is 3. The minimum atomic E-state index is 0.627. The summed E-state index contributed by atoms with van der Waals surface area (Å²) in [5, 5.41) is 0. The van der Waals surface area contributed by atoms with Gasteiger partial charge in [0.1, 0.15) is 11.3 Å². The van der Waals surface area contributed by atoms with Gasteiger partial charge in [0.15, 0.2) is 5.65 Å². The molecule has 1 aromatic carbocycles. The topological polar surface area (TPSA) is 66.0 Å². The fraction of sp³-hybridized carbons (Fsp3) is 0.143. The van der Waals surface area contributed by atoms with Crippen molar-refractivity contribution in [2.24, 2.45) is 0 Å². The minimum absolute atomic E-state index is 0.627. The van der Waals surface area contributed by atoms with Crippen LogP contribution in [0.2, 0.25) is 0 Å². The van der Waals surface area contributed by atoms with E-state index in [0.717, 1.165) is 23.5 Å². The van der Waals surface area contributed by atoms with E-state index in [1.807, 2.05) is 34.9 Å². The normalized spacial score (nSPS) is 10.8. The zero-order chi connectivity index (χ0) is 13.2. The van der Waals surface area contributed by atoms with Gasteiger partial charge in [0.05, 0.1) is 31.9 Å². The van der Waals surface area contributed by atoms with Crippen molar-refractivity contribution >= 4 is 16.9 Å². The van der Waals surface area contributed by atoms with Crippen molar-refractivity contribution in [2.45, 2.75) is 6.54 Å². The molecule has 2 N–H and O–H groups in total.